The highest BCUT2D eigenvalue weighted by Crippen LogP contribution is 2.31. The molecule has 4 N–H and O–H groups in total. The standard InChI is InChI=1S/C17H16N2O7/c1-7(13-15(23)14(8(2)20)17(25)26-16(13)24)18-10-4-5-12(22)11(6-10)19-9(3)21/h4-6,22-23,25H,1-3H3,(H,19,21). The first-order valence-electron chi connectivity index (χ1n) is 7.38. The Hall–Kier alpha value is -3.62. The van der Waals surface area contributed by atoms with Gasteiger partial charge in [0.05, 0.1) is 17.1 Å². The lowest BCUT2D eigenvalue weighted by Gasteiger charge is -2.09. The Morgan fingerprint density at radius 2 is 1.73 bits per heavy atom. The Balaban J connectivity index is 2.58. The third-order valence-corrected chi connectivity index (χ3v) is 3.38. The molecule has 26 heavy (non-hydrogen) atoms. The summed E-state index contributed by atoms with van der Waals surface area (Å²) in [6, 6.07) is 4.05. The highest BCUT2D eigenvalue weighted by molar-refractivity contribution is 6.07. The molecular formula is C17H16N2O7. The average molecular weight is 360 g/mol. The molecule has 0 fully saturated rings. The minimum atomic E-state index is -1.08. The second-order valence-electron chi connectivity index (χ2n) is 5.43. The van der Waals surface area contributed by atoms with Crippen molar-refractivity contribution in [2.45, 2.75) is 20.8 Å². The third kappa shape index (κ3) is 3.72. The number of phenolic OH excluding ortho intramolecular Hbond substituents is 1. The summed E-state index contributed by atoms with van der Waals surface area (Å²) in [5, 5.41) is 31.8. The molecule has 0 aliphatic carbocycles. The number of hydrogen-bond acceptors (Lipinski definition) is 8. The quantitative estimate of drug-likeness (QED) is 0.370. The fourth-order valence-electron chi connectivity index (χ4n) is 2.28. The molecule has 0 unspecified atom stereocenters. The van der Waals surface area contributed by atoms with Gasteiger partial charge in [0.1, 0.15) is 22.6 Å². The molecule has 0 bridgehead atoms. The number of aliphatic imine (C=N–C) groups is 1. The monoisotopic (exact) mass is 360 g/mol. The number of aromatic hydroxyl groups is 3. The van der Waals surface area contributed by atoms with Crippen LogP contribution in [0.4, 0.5) is 11.4 Å². The van der Waals surface area contributed by atoms with Crippen LogP contribution < -0.4 is 10.9 Å². The van der Waals surface area contributed by atoms with Gasteiger partial charge in [0.25, 0.3) is 5.95 Å². The number of phenols is 1. The number of benzene rings is 1. The number of carbonyl (C=O) groups excluding carboxylic acids is 2. The van der Waals surface area contributed by atoms with Crippen molar-refractivity contribution in [2.75, 3.05) is 5.32 Å². The second kappa shape index (κ2) is 7.09. The summed E-state index contributed by atoms with van der Waals surface area (Å²) in [5.41, 5.74) is -1.63. The van der Waals surface area contributed by atoms with E-state index in [1.807, 2.05) is 0 Å². The van der Waals surface area contributed by atoms with Gasteiger partial charge in [0.15, 0.2) is 5.78 Å². The van der Waals surface area contributed by atoms with Crippen LogP contribution in [-0.4, -0.2) is 32.7 Å². The Morgan fingerprint density at radius 1 is 1.08 bits per heavy atom. The lowest BCUT2D eigenvalue weighted by molar-refractivity contribution is -0.114. The summed E-state index contributed by atoms with van der Waals surface area (Å²) in [5.74, 6) is -3.00. The number of nitrogens with one attached hydrogen (secondary N) is 1. The molecular weight excluding hydrogens is 344 g/mol. The number of anilines is 1. The zero-order valence-electron chi connectivity index (χ0n) is 14.2. The van der Waals surface area contributed by atoms with Gasteiger partial charge in [-0.1, -0.05) is 0 Å². The Kier molecular flexibility index (Phi) is 5.11. The van der Waals surface area contributed by atoms with Crippen molar-refractivity contribution in [3.63, 3.8) is 0 Å². The number of amides is 1. The fourth-order valence-corrected chi connectivity index (χ4v) is 2.28. The zero-order valence-corrected chi connectivity index (χ0v) is 14.2. The van der Waals surface area contributed by atoms with Crippen LogP contribution in [0.2, 0.25) is 0 Å². The van der Waals surface area contributed by atoms with Crippen molar-refractivity contribution in [2.24, 2.45) is 4.99 Å². The van der Waals surface area contributed by atoms with Crippen LogP contribution in [0.5, 0.6) is 17.4 Å². The number of Topliss-reactive ketones (excluding diaryl/α,β-unsaturated/α-hetero) is 1. The van der Waals surface area contributed by atoms with Crippen LogP contribution in [0.25, 0.3) is 0 Å². The maximum atomic E-state index is 12.0. The molecule has 0 radical (unpaired) electrons. The molecule has 0 saturated carbocycles. The van der Waals surface area contributed by atoms with Crippen molar-refractivity contribution < 1.29 is 29.3 Å². The van der Waals surface area contributed by atoms with Gasteiger partial charge in [-0.3, -0.25) is 14.6 Å². The zero-order chi connectivity index (χ0) is 19.6. The van der Waals surface area contributed by atoms with Gasteiger partial charge in [-0.25, -0.2) is 4.79 Å². The predicted octanol–water partition coefficient (Wildman–Crippen LogP) is 2.06. The highest BCUT2D eigenvalue weighted by atomic mass is 16.5. The van der Waals surface area contributed by atoms with Crippen molar-refractivity contribution in [1.82, 2.24) is 0 Å². The fraction of sp³-hybridized carbons (Fsp3) is 0.176. The molecule has 1 aromatic carbocycles. The highest BCUT2D eigenvalue weighted by Gasteiger charge is 2.24. The number of rotatable bonds is 4. The molecule has 9 nitrogen and oxygen atoms in total. The van der Waals surface area contributed by atoms with Crippen LogP contribution in [0.1, 0.15) is 36.7 Å². The number of hydrogen-bond donors (Lipinski definition) is 4. The van der Waals surface area contributed by atoms with Gasteiger partial charge >= 0.3 is 5.63 Å². The Morgan fingerprint density at radius 3 is 2.31 bits per heavy atom. The normalized spacial score (nSPS) is 11.3. The van der Waals surface area contributed by atoms with Crippen LogP contribution >= 0.6 is 0 Å². The summed E-state index contributed by atoms with van der Waals surface area (Å²) in [7, 11) is 0. The van der Waals surface area contributed by atoms with E-state index in [1.54, 1.807) is 0 Å². The van der Waals surface area contributed by atoms with Crippen molar-refractivity contribution >= 4 is 28.8 Å². The van der Waals surface area contributed by atoms with E-state index >= 15 is 0 Å². The van der Waals surface area contributed by atoms with Crippen LogP contribution in [0.15, 0.2) is 32.4 Å². The summed E-state index contributed by atoms with van der Waals surface area (Å²) in [6.45, 7) is 3.74. The SMILES string of the molecule is CC(=O)Nc1cc(N=C(C)c2c(O)c(C(C)=O)c(O)oc2=O)ccc1O. The van der Waals surface area contributed by atoms with E-state index in [4.69, 9.17) is 0 Å². The minimum absolute atomic E-state index is 0.00165. The first-order valence-corrected chi connectivity index (χ1v) is 7.38. The number of ketones is 1. The lowest BCUT2D eigenvalue weighted by Crippen LogP contribution is -2.15. The molecule has 0 saturated heterocycles. The summed E-state index contributed by atoms with van der Waals surface area (Å²) >= 11 is 0. The first-order chi connectivity index (χ1) is 12.1. The van der Waals surface area contributed by atoms with Gasteiger partial charge in [-0.05, 0) is 32.0 Å². The van der Waals surface area contributed by atoms with Crippen molar-refractivity contribution in [3.05, 3.63) is 39.7 Å². The molecule has 2 rings (SSSR count). The average Bonchev–Trinajstić information content (AvgIpc) is 2.49. The van der Waals surface area contributed by atoms with E-state index in [0.29, 0.717) is 0 Å². The number of nitrogens with zero attached hydrogens (tertiary/aromatic N) is 1. The maximum absolute atomic E-state index is 12.0. The molecule has 136 valence electrons. The van der Waals surface area contributed by atoms with Gasteiger partial charge < -0.3 is 25.1 Å². The molecule has 0 aliphatic rings. The maximum Gasteiger partial charge on any atom is 0.351 e. The summed E-state index contributed by atoms with van der Waals surface area (Å²) in [4.78, 5) is 38.8. The van der Waals surface area contributed by atoms with Crippen LogP contribution in [0, 0.1) is 0 Å². The van der Waals surface area contributed by atoms with E-state index in [0.717, 1.165) is 6.92 Å². The largest absolute Gasteiger partial charge is 0.506 e. The second-order valence-corrected chi connectivity index (χ2v) is 5.43. The van der Waals surface area contributed by atoms with E-state index in [-0.39, 0.29) is 28.4 Å². The summed E-state index contributed by atoms with van der Waals surface area (Å²) < 4.78 is 4.58. The molecule has 2 aromatic rings. The van der Waals surface area contributed by atoms with Gasteiger partial charge in [-0.2, -0.15) is 0 Å². The van der Waals surface area contributed by atoms with Crippen molar-refractivity contribution in [3.8, 4) is 17.4 Å². The van der Waals surface area contributed by atoms with E-state index < -0.39 is 34.6 Å². The molecule has 0 spiro atoms. The molecule has 0 aliphatic heterocycles. The van der Waals surface area contributed by atoms with E-state index in [2.05, 4.69) is 14.7 Å². The smallest absolute Gasteiger partial charge is 0.351 e. The van der Waals surface area contributed by atoms with E-state index in [9.17, 15) is 29.7 Å². The molecule has 1 aromatic heterocycles. The van der Waals surface area contributed by atoms with E-state index in [1.165, 1.54) is 32.0 Å². The lowest BCUT2D eigenvalue weighted by atomic mass is 10.1. The third-order valence-electron chi connectivity index (χ3n) is 3.38. The molecule has 1 heterocycles. The first kappa shape index (κ1) is 18.7. The van der Waals surface area contributed by atoms with Gasteiger partial charge in [0.2, 0.25) is 5.91 Å². The summed E-state index contributed by atoms with van der Waals surface area (Å²) in [6.07, 6.45) is 0. The van der Waals surface area contributed by atoms with Gasteiger partial charge in [-0.15, -0.1) is 0 Å². The molecule has 0 atom stereocenters. The Labute approximate surface area is 147 Å². The molecule has 1 amide bonds. The molecule has 9 heteroatoms. The number of carbonyl (C=O) groups is 2. The Bertz CT molecular complexity index is 989. The van der Waals surface area contributed by atoms with Crippen LogP contribution in [0.3, 0.4) is 0 Å². The topological polar surface area (TPSA) is 149 Å². The predicted molar refractivity (Wildman–Crippen MR) is 92.6 cm³/mol. The van der Waals surface area contributed by atoms with Crippen LogP contribution in [-0.2, 0) is 4.79 Å². The van der Waals surface area contributed by atoms with Crippen molar-refractivity contribution in [1.29, 1.82) is 0 Å². The van der Waals surface area contributed by atoms with Gasteiger partial charge in [0, 0.05) is 6.92 Å². The minimum Gasteiger partial charge on any atom is -0.506 e.